The Bertz CT molecular complexity index is 579. The van der Waals surface area contributed by atoms with Crippen LogP contribution in [0.2, 0.25) is 0 Å². The third kappa shape index (κ3) is 2.57. The molecule has 0 atom stereocenters. The second-order valence-corrected chi connectivity index (χ2v) is 6.95. The average molecular weight is 334 g/mol. The molecule has 1 fully saturated rings. The Balaban J connectivity index is 2.47. The zero-order valence-corrected chi connectivity index (χ0v) is 11.9. The summed E-state index contributed by atoms with van der Waals surface area (Å²) in [5, 5.41) is 8.94. The van der Waals surface area contributed by atoms with Crippen LogP contribution in [-0.4, -0.2) is 36.9 Å². The van der Waals surface area contributed by atoms with E-state index >= 15 is 0 Å². The molecule has 1 saturated heterocycles. The molecular formula is C11H12BrNO4S. The number of halogens is 1. The molecule has 98 valence electrons. The smallest absolute Gasteiger partial charge is 0.335 e. The highest BCUT2D eigenvalue weighted by Crippen LogP contribution is 2.25. The second kappa shape index (κ2) is 4.99. The number of benzene rings is 1. The van der Waals surface area contributed by atoms with Gasteiger partial charge >= 0.3 is 5.97 Å². The monoisotopic (exact) mass is 333 g/mol. The maximum Gasteiger partial charge on any atom is 0.335 e. The SMILES string of the molecule is O=C(O)c1cc(Br)cc(S(=O)(=O)N2CCCC2)c1. The number of aromatic carboxylic acids is 1. The van der Waals surface area contributed by atoms with E-state index < -0.39 is 16.0 Å². The van der Waals surface area contributed by atoms with Crippen molar-refractivity contribution >= 4 is 31.9 Å². The summed E-state index contributed by atoms with van der Waals surface area (Å²) in [6.07, 6.45) is 1.69. The minimum absolute atomic E-state index is 0.0242. The Kier molecular flexibility index (Phi) is 3.74. The molecule has 7 heteroatoms. The van der Waals surface area contributed by atoms with Gasteiger partial charge in [-0.3, -0.25) is 0 Å². The van der Waals surface area contributed by atoms with E-state index in [0.717, 1.165) is 12.8 Å². The van der Waals surface area contributed by atoms with E-state index in [1.807, 2.05) is 0 Å². The number of carbonyl (C=O) groups is 1. The standard InChI is InChI=1S/C11H12BrNO4S/c12-9-5-8(11(14)15)6-10(7-9)18(16,17)13-3-1-2-4-13/h5-7H,1-4H2,(H,14,15). The molecule has 1 aromatic rings. The Morgan fingerprint density at radius 2 is 1.83 bits per heavy atom. The molecule has 1 N–H and O–H groups in total. The molecule has 1 aromatic carbocycles. The lowest BCUT2D eigenvalue weighted by atomic mass is 10.2. The van der Waals surface area contributed by atoms with Crippen molar-refractivity contribution in [1.29, 1.82) is 0 Å². The highest BCUT2D eigenvalue weighted by molar-refractivity contribution is 9.10. The minimum Gasteiger partial charge on any atom is -0.478 e. The van der Waals surface area contributed by atoms with Crippen molar-refractivity contribution in [2.24, 2.45) is 0 Å². The first-order valence-corrected chi connectivity index (χ1v) is 7.68. The van der Waals surface area contributed by atoms with Crippen LogP contribution in [-0.2, 0) is 10.0 Å². The quantitative estimate of drug-likeness (QED) is 0.917. The zero-order valence-electron chi connectivity index (χ0n) is 9.47. The van der Waals surface area contributed by atoms with E-state index in [9.17, 15) is 13.2 Å². The van der Waals surface area contributed by atoms with E-state index in [1.54, 1.807) is 0 Å². The average Bonchev–Trinajstić information content (AvgIpc) is 2.82. The van der Waals surface area contributed by atoms with Crippen LogP contribution in [0.4, 0.5) is 0 Å². The lowest BCUT2D eigenvalue weighted by molar-refractivity contribution is 0.0696. The number of nitrogens with zero attached hydrogens (tertiary/aromatic N) is 1. The number of rotatable bonds is 3. The van der Waals surface area contributed by atoms with Crippen molar-refractivity contribution in [3.63, 3.8) is 0 Å². The lowest BCUT2D eigenvalue weighted by Crippen LogP contribution is -2.28. The van der Waals surface area contributed by atoms with Gasteiger partial charge in [-0.25, -0.2) is 13.2 Å². The van der Waals surface area contributed by atoms with Crippen LogP contribution in [0, 0.1) is 0 Å². The fraction of sp³-hybridized carbons (Fsp3) is 0.364. The molecule has 5 nitrogen and oxygen atoms in total. The summed E-state index contributed by atoms with van der Waals surface area (Å²) >= 11 is 3.14. The lowest BCUT2D eigenvalue weighted by Gasteiger charge is -2.16. The van der Waals surface area contributed by atoms with Gasteiger partial charge in [-0.05, 0) is 31.0 Å². The van der Waals surface area contributed by atoms with Gasteiger partial charge in [0.25, 0.3) is 0 Å². The highest BCUT2D eigenvalue weighted by Gasteiger charge is 2.28. The third-order valence-electron chi connectivity index (χ3n) is 2.82. The molecule has 0 unspecified atom stereocenters. The number of hydrogen-bond donors (Lipinski definition) is 1. The first kappa shape index (κ1) is 13.5. The number of carboxylic acid groups (broad SMARTS) is 1. The summed E-state index contributed by atoms with van der Waals surface area (Å²) in [7, 11) is -3.58. The van der Waals surface area contributed by atoms with Crippen LogP contribution in [0.3, 0.4) is 0 Å². The van der Waals surface area contributed by atoms with E-state index in [1.165, 1.54) is 22.5 Å². The van der Waals surface area contributed by atoms with Crippen molar-refractivity contribution in [3.05, 3.63) is 28.2 Å². The van der Waals surface area contributed by atoms with Gasteiger partial charge in [0.05, 0.1) is 10.5 Å². The van der Waals surface area contributed by atoms with Crippen molar-refractivity contribution < 1.29 is 18.3 Å². The van der Waals surface area contributed by atoms with E-state index in [0.29, 0.717) is 17.6 Å². The van der Waals surface area contributed by atoms with Gasteiger partial charge < -0.3 is 5.11 Å². The van der Waals surface area contributed by atoms with Crippen LogP contribution in [0.1, 0.15) is 23.2 Å². The molecule has 0 aromatic heterocycles. The minimum atomic E-state index is -3.58. The Morgan fingerprint density at radius 1 is 1.22 bits per heavy atom. The van der Waals surface area contributed by atoms with Crippen LogP contribution in [0.15, 0.2) is 27.6 Å². The number of sulfonamides is 1. The van der Waals surface area contributed by atoms with Gasteiger partial charge in [0.2, 0.25) is 10.0 Å². The molecule has 0 radical (unpaired) electrons. The molecule has 18 heavy (non-hydrogen) atoms. The van der Waals surface area contributed by atoms with Crippen LogP contribution in [0.5, 0.6) is 0 Å². The largest absolute Gasteiger partial charge is 0.478 e. The summed E-state index contributed by atoms with van der Waals surface area (Å²) in [6.45, 7) is 0.995. The van der Waals surface area contributed by atoms with Gasteiger partial charge in [-0.1, -0.05) is 15.9 Å². The van der Waals surface area contributed by atoms with Crippen molar-refractivity contribution in [3.8, 4) is 0 Å². The molecule has 1 aliphatic rings. The summed E-state index contributed by atoms with van der Waals surface area (Å²) in [4.78, 5) is 10.9. The van der Waals surface area contributed by atoms with Crippen molar-refractivity contribution in [1.82, 2.24) is 4.31 Å². The van der Waals surface area contributed by atoms with Crippen molar-refractivity contribution in [2.75, 3.05) is 13.1 Å². The molecule has 0 amide bonds. The predicted molar refractivity (Wildman–Crippen MR) is 69.1 cm³/mol. The fourth-order valence-electron chi connectivity index (χ4n) is 1.91. The maximum absolute atomic E-state index is 12.3. The van der Waals surface area contributed by atoms with Gasteiger partial charge in [0.1, 0.15) is 0 Å². The van der Waals surface area contributed by atoms with Gasteiger partial charge in [-0.15, -0.1) is 0 Å². The van der Waals surface area contributed by atoms with E-state index in [-0.39, 0.29) is 10.5 Å². The maximum atomic E-state index is 12.3. The Hall–Kier alpha value is -0.920. The van der Waals surface area contributed by atoms with Crippen LogP contribution < -0.4 is 0 Å². The van der Waals surface area contributed by atoms with E-state index in [4.69, 9.17) is 5.11 Å². The van der Waals surface area contributed by atoms with E-state index in [2.05, 4.69) is 15.9 Å². The van der Waals surface area contributed by atoms with Crippen LogP contribution >= 0.6 is 15.9 Å². The first-order valence-electron chi connectivity index (χ1n) is 5.45. The first-order chi connectivity index (χ1) is 8.41. The molecule has 1 heterocycles. The molecule has 0 bridgehead atoms. The zero-order chi connectivity index (χ0) is 13.3. The molecule has 1 aliphatic heterocycles. The summed E-state index contributed by atoms with van der Waals surface area (Å²) in [6, 6.07) is 4.01. The predicted octanol–water partition coefficient (Wildman–Crippen LogP) is 1.93. The van der Waals surface area contributed by atoms with Gasteiger partial charge in [0, 0.05) is 17.6 Å². The third-order valence-corrected chi connectivity index (χ3v) is 5.16. The second-order valence-electron chi connectivity index (χ2n) is 4.09. The Labute approximate surface area is 114 Å². The Morgan fingerprint density at radius 3 is 2.39 bits per heavy atom. The van der Waals surface area contributed by atoms with Gasteiger partial charge in [-0.2, -0.15) is 4.31 Å². The van der Waals surface area contributed by atoms with Crippen LogP contribution in [0.25, 0.3) is 0 Å². The van der Waals surface area contributed by atoms with Gasteiger partial charge in [0.15, 0.2) is 0 Å². The number of carboxylic acids is 1. The molecular weight excluding hydrogens is 322 g/mol. The normalized spacial score (nSPS) is 16.9. The number of hydrogen-bond acceptors (Lipinski definition) is 3. The molecule has 0 aliphatic carbocycles. The van der Waals surface area contributed by atoms with Crippen molar-refractivity contribution in [2.45, 2.75) is 17.7 Å². The summed E-state index contributed by atoms with van der Waals surface area (Å²) in [5.74, 6) is -1.14. The summed E-state index contributed by atoms with van der Waals surface area (Å²) < 4.78 is 26.4. The molecule has 2 rings (SSSR count). The highest BCUT2D eigenvalue weighted by atomic mass is 79.9. The molecule has 0 saturated carbocycles. The molecule has 0 spiro atoms. The topological polar surface area (TPSA) is 74.7 Å². The summed E-state index contributed by atoms with van der Waals surface area (Å²) in [5.41, 5.74) is -0.0397. The fourth-order valence-corrected chi connectivity index (χ4v) is 4.15.